The van der Waals surface area contributed by atoms with E-state index < -0.39 is 25.3 Å². The number of hydrogen-bond acceptors (Lipinski definition) is 1. The monoisotopic (exact) mass is 476 g/mol. The second kappa shape index (κ2) is 11.3. The zero-order valence-corrected chi connectivity index (χ0v) is 22.6. The Morgan fingerprint density at radius 2 is 1.82 bits per heavy atom. The van der Waals surface area contributed by atoms with Crippen molar-refractivity contribution in [1.82, 2.24) is 4.90 Å². The van der Waals surface area contributed by atoms with Crippen LogP contribution in [0.3, 0.4) is 0 Å². The summed E-state index contributed by atoms with van der Waals surface area (Å²) in [5.41, 5.74) is 2.09. The van der Waals surface area contributed by atoms with Crippen molar-refractivity contribution in [1.29, 1.82) is 0 Å². The fourth-order valence-corrected chi connectivity index (χ4v) is 8.37. The summed E-state index contributed by atoms with van der Waals surface area (Å²) >= 11 is -0.556. The summed E-state index contributed by atoms with van der Waals surface area (Å²) in [4.78, 5) is 7.96. The molecule has 0 radical (unpaired) electrons. The molecule has 0 amide bonds. The Kier molecular flexibility index (Phi) is 10.8. The second-order valence-electron chi connectivity index (χ2n) is 9.76. The Morgan fingerprint density at radius 1 is 1.21 bits per heavy atom. The van der Waals surface area contributed by atoms with E-state index in [1.165, 1.54) is 44.8 Å². The van der Waals surface area contributed by atoms with Gasteiger partial charge in [-0.2, -0.15) is 0 Å². The van der Waals surface area contributed by atoms with Crippen LogP contribution in [0.25, 0.3) is 4.98 Å². The van der Waals surface area contributed by atoms with E-state index in [2.05, 4.69) is 69.1 Å². The van der Waals surface area contributed by atoms with Crippen molar-refractivity contribution < 1.29 is 17.0 Å². The Balaban J connectivity index is 0.000000921. The van der Waals surface area contributed by atoms with Crippen molar-refractivity contribution in [3.05, 3.63) is 48.4 Å². The minimum absolute atomic E-state index is 0. The molecule has 1 fully saturated rings. The standard InChI is InChI=1S/C21H35N2Si.CH3.2ClH.Ti/c1-20(2,3)22-24(4,5)17-18-15-19(23-13-9-10-14-23)21(16-18)11-7-6-8-12-21;;;;/h6-8,11,15,19H,9-10,12-14,16-17H2,1-5H3;1H3;2*1H;/q2*-1;;;+2/p-2. The quantitative estimate of drug-likeness (QED) is 0.233. The molecule has 1 aliphatic heterocycles. The summed E-state index contributed by atoms with van der Waals surface area (Å²) in [6.07, 6.45) is 17.2. The predicted octanol–water partition coefficient (Wildman–Crippen LogP) is 7.49. The van der Waals surface area contributed by atoms with E-state index in [9.17, 15) is 0 Å². The van der Waals surface area contributed by atoms with Crippen LogP contribution in [0.1, 0.15) is 46.5 Å². The number of allylic oxidation sites excluding steroid dienone is 4. The molecule has 2 atom stereocenters. The number of nitrogens with zero attached hydrogens (tertiary/aromatic N) is 2. The molecule has 0 saturated carbocycles. The van der Waals surface area contributed by atoms with Gasteiger partial charge in [0.2, 0.25) is 0 Å². The first-order chi connectivity index (χ1) is 12.6. The Morgan fingerprint density at radius 3 is 2.32 bits per heavy atom. The van der Waals surface area contributed by atoms with Crippen LogP contribution in [-0.2, 0) is 17.0 Å². The zero-order chi connectivity index (χ0) is 20.1. The van der Waals surface area contributed by atoms with Gasteiger partial charge in [-0.1, -0.05) is 84.1 Å². The Bertz CT molecular complexity index is 578. The Labute approximate surface area is 192 Å². The van der Waals surface area contributed by atoms with E-state index in [4.69, 9.17) is 23.6 Å². The van der Waals surface area contributed by atoms with E-state index in [1.807, 2.05) is 0 Å². The molecule has 1 saturated heterocycles. The predicted molar refractivity (Wildman–Crippen MR) is 126 cm³/mol. The van der Waals surface area contributed by atoms with Gasteiger partial charge in [0, 0.05) is 11.5 Å². The van der Waals surface area contributed by atoms with Crippen LogP contribution < -0.4 is 0 Å². The van der Waals surface area contributed by atoms with Crippen LogP contribution >= 0.6 is 18.6 Å². The molecule has 2 unspecified atom stereocenters. The summed E-state index contributed by atoms with van der Waals surface area (Å²) < 4.78 is 0. The van der Waals surface area contributed by atoms with Gasteiger partial charge in [0.1, 0.15) is 0 Å². The second-order valence-corrected chi connectivity index (χ2v) is 16.5. The van der Waals surface area contributed by atoms with Gasteiger partial charge < -0.3 is 12.4 Å². The van der Waals surface area contributed by atoms with Crippen molar-refractivity contribution in [3.8, 4) is 0 Å². The van der Waals surface area contributed by atoms with Gasteiger partial charge in [0.25, 0.3) is 0 Å². The topological polar surface area (TPSA) is 17.3 Å². The van der Waals surface area contributed by atoms with E-state index >= 15 is 0 Å². The molecule has 1 spiro atoms. The number of rotatable bonds is 4. The van der Waals surface area contributed by atoms with Crippen molar-refractivity contribution in [2.45, 2.75) is 77.2 Å². The molecule has 2 nitrogen and oxygen atoms in total. The van der Waals surface area contributed by atoms with Crippen LogP contribution in [0.2, 0.25) is 19.1 Å². The fraction of sp³-hybridized carbons (Fsp3) is 0.682. The SMILES string of the molecule is CC(C)(C)[N-][Si](C)(C)CC1=CC(N2CCCC2)C2(C=CC=CC2)C1.[CH3-].[Cl][Ti][Cl]. The molecule has 0 aromatic carbocycles. The maximum atomic E-state index is 5.21. The molecular weight excluding hydrogens is 439 g/mol. The first-order valence-electron chi connectivity index (χ1n) is 10.1. The molecular formula is C22H38Cl2N2SiTi-2. The van der Waals surface area contributed by atoms with Crippen molar-refractivity contribution in [2.75, 3.05) is 13.1 Å². The van der Waals surface area contributed by atoms with Gasteiger partial charge in [0.05, 0.1) is 0 Å². The molecule has 28 heavy (non-hydrogen) atoms. The van der Waals surface area contributed by atoms with Crippen LogP contribution in [0, 0.1) is 12.8 Å². The van der Waals surface area contributed by atoms with Crippen molar-refractivity contribution >= 4 is 26.8 Å². The molecule has 0 N–H and O–H groups in total. The summed E-state index contributed by atoms with van der Waals surface area (Å²) in [5.74, 6) is 0. The molecule has 3 aliphatic rings. The van der Waals surface area contributed by atoms with Gasteiger partial charge in [-0.15, -0.1) is 5.54 Å². The average molecular weight is 477 g/mol. The van der Waals surface area contributed by atoms with Crippen molar-refractivity contribution in [2.24, 2.45) is 5.41 Å². The summed E-state index contributed by atoms with van der Waals surface area (Å²) in [7, 11) is 8.22. The van der Waals surface area contributed by atoms with E-state index in [0.717, 1.165) is 0 Å². The van der Waals surface area contributed by atoms with E-state index in [1.54, 1.807) is 5.57 Å². The fourth-order valence-electron chi connectivity index (χ4n) is 5.12. The number of likely N-dealkylation sites (tertiary alicyclic amines) is 1. The molecule has 6 heteroatoms. The molecule has 3 rings (SSSR count). The summed E-state index contributed by atoms with van der Waals surface area (Å²) in [6, 6.07) is 1.84. The van der Waals surface area contributed by atoms with Gasteiger partial charge in [-0.3, -0.25) is 4.90 Å². The zero-order valence-electron chi connectivity index (χ0n) is 18.6. The van der Waals surface area contributed by atoms with Crippen LogP contribution in [0.5, 0.6) is 0 Å². The van der Waals surface area contributed by atoms with E-state index in [-0.39, 0.29) is 13.0 Å². The van der Waals surface area contributed by atoms with Gasteiger partial charge in [-0.05, 0) is 38.8 Å². The molecule has 0 aromatic heterocycles. The first-order valence-corrected chi connectivity index (χ1v) is 17.5. The third-order valence-electron chi connectivity index (χ3n) is 5.54. The number of hydrogen-bond donors (Lipinski definition) is 0. The van der Waals surface area contributed by atoms with E-state index in [0.29, 0.717) is 11.5 Å². The summed E-state index contributed by atoms with van der Waals surface area (Å²) in [6.45, 7) is 14.2. The van der Waals surface area contributed by atoms with Gasteiger partial charge in [0.15, 0.2) is 0 Å². The minimum atomic E-state index is -1.56. The molecule has 0 aromatic rings. The first kappa shape index (κ1) is 26.7. The Hall–Kier alpha value is 0.651. The molecule has 0 bridgehead atoms. The third-order valence-corrected chi connectivity index (χ3v) is 8.14. The van der Waals surface area contributed by atoms with Gasteiger partial charge >= 0.3 is 35.6 Å². The maximum absolute atomic E-state index is 5.21. The normalized spacial score (nSPS) is 27.2. The van der Waals surface area contributed by atoms with Crippen molar-refractivity contribution in [3.63, 3.8) is 0 Å². The van der Waals surface area contributed by atoms with Gasteiger partial charge in [-0.25, -0.2) is 0 Å². The van der Waals surface area contributed by atoms with Crippen LogP contribution in [0.4, 0.5) is 0 Å². The molecule has 2 aliphatic carbocycles. The molecule has 160 valence electrons. The third kappa shape index (κ3) is 7.72. The van der Waals surface area contributed by atoms with Crippen LogP contribution in [0.15, 0.2) is 36.0 Å². The number of halogens is 2. The molecule has 1 heterocycles. The summed E-state index contributed by atoms with van der Waals surface area (Å²) in [5, 5.41) is 0. The average Bonchev–Trinajstić information content (AvgIpc) is 3.14. The van der Waals surface area contributed by atoms with Crippen LogP contribution in [-0.4, -0.2) is 37.8 Å².